The predicted octanol–water partition coefficient (Wildman–Crippen LogP) is 0.876. The summed E-state index contributed by atoms with van der Waals surface area (Å²) >= 11 is 0. The highest BCUT2D eigenvalue weighted by atomic mass is 32.2. The molecular formula is C13H17NO3S. The van der Waals surface area contributed by atoms with Crippen LogP contribution in [-0.4, -0.2) is 43.8 Å². The van der Waals surface area contributed by atoms with E-state index in [4.69, 9.17) is 0 Å². The summed E-state index contributed by atoms with van der Waals surface area (Å²) in [6.45, 7) is 0.686. The maximum absolute atomic E-state index is 11.9. The highest BCUT2D eigenvalue weighted by Crippen LogP contribution is 2.08. The summed E-state index contributed by atoms with van der Waals surface area (Å²) in [5.41, 5.74) is 1.13. The lowest BCUT2D eigenvalue weighted by Crippen LogP contribution is -2.43. The van der Waals surface area contributed by atoms with E-state index in [0.717, 1.165) is 5.56 Å². The Kier molecular flexibility index (Phi) is 4.01. The van der Waals surface area contributed by atoms with E-state index >= 15 is 0 Å². The molecule has 0 N–H and O–H groups in total. The van der Waals surface area contributed by atoms with Gasteiger partial charge in [0.15, 0.2) is 9.84 Å². The van der Waals surface area contributed by atoms with E-state index in [9.17, 15) is 13.2 Å². The Morgan fingerprint density at radius 1 is 1.11 bits per heavy atom. The molecule has 4 nitrogen and oxygen atoms in total. The molecule has 5 heteroatoms. The van der Waals surface area contributed by atoms with Gasteiger partial charge in [0.2, 0.25) is 5.91 Å². The van der Waals surface area contributed by atoms with Gasteiger partial charge in [0, 0.05) is 19.5 Å². The van der Waals surface area contributed by atoms with E-state index < -0.39 is 9.84 Å². The first kappa shape index (κ1) is 13.1. The zero-order chi connectivity index (χ0) is 13.0. The van der Waals surface area contributed by atoms with Crippen LogP contribution in [0.5, 0.6) is 0 Å². The first-order valence-corrected chi connectivity index (χ1v) is 7.91. The fourth-order valence-corrected chi connectivity index (χ4v) is 3.22. The van der Waals surface area contributed by atoms with Gasteiger partial charge < -0.3 is 4.90 Å². The lowest BCUT2D eigenvalue weighted by Gasteiger charge is -2.26. The second-order valence-electron chi connectivity index (χ2n) is 4.52. The Labute approximate surface area is 108 Å². The van der Waals surface area contributed by atoms with Gasteiger partial charge in [-0.3, -0.25) is 4.79 Å². The van der Waals surface area contributed by atoms with Gasteiger partial charge in [0.1, 0.15) is 0 Å². The van der Waals surface area contributed by atoms with Gasteiger partial charge in [-0.25, -0.2) is 8.42 Å². The number of hydrogen-bond acceptors (Lipinski definition) is 3. The van der Waals surface area contributed by atoms with Crippen LogP contribution in [0, 0.1) is 0 Å². The quantitative estimate of drug-likeness (QED) is 0.817. The first-order valence-electron chi connectivity index (χ1n) is 6.09. The SMILES string of the molecule is O=C(CCc1ccccc1)N1CCS(=O)(=O)CC1. The molecule has 0 atom stereocenters. The Bertz CT molecular complexity index is 496. The maximum Gasteiger partial charge on any atom is 0.222 e. The van der Waals surface area contributed by atoms with Crippen molar-refractivity contribution >= 4 is 15.7 Å². The van der Waals surface area contributed by atoms with Crippen molar-refractivity contribution in [3.63, 3.8) is 0 Å². The minimum Gasteiger partial charge on any atom is -0.341 e. The van der Waals surface area contributed by atoms with Gasteiger partial charge in [-0.2, -0.15) is 0 Å². The van der Waals surface area contributed by atoms with Crippen molar-refractivity contribution in [3.05, 3.63) is 35.9 Å². The minimum absolute atomic E-state index is 0.0498. The van der Waals surface area contributed by atoms with Crippen LogP contribution in [0.1, 0.15) is 12.0 Å². The van der Waals surface area contributed by atoms with Crippen LogP contribution in [0.15, 0.2) is 30.3 Å². The molecule has 0 bridgehead atoms. The van der Waals surface area contributed by atoms with Crippen LogP contribution in [0.3, 0.4) is 0 Å². The second kappa shape index (κ2) is 5.52. The standard InChI is InChI=1S/C13H17NO3S/c15-13(7-6-12-4-2-1-3-5-12)14-8-10-18(16,17)11-9-14/h1-5H,6-11H2. The van der Waals surface area contributed by atoms with Crippen molar-refractivity contribution in [3.8, 4) is 0 Å². The number of carbonyl (C=O) groups excluding carboxylic acids is 1. The fraction of sp³-hybridized carbons (Fsp3) is 0.462. The van der Waals surface area contributed by atoms with Crippen molar-refractivity contribution in [1.29, 1.82) is 0 Å². The lowest BCUT2D eigenvalue weighted by molar-refractivity contribution is -0.130. The number of carbonyl (C=O) groups is 1. The van der Waals surface area contributed by atoms with Crippen molar-refractivity contribution in [2.75, 3.05) is 24.6 Å². The topological polar surface area (TPSA) is 54.5 Å². The summed E-state index contributed by atoms with van der Waals surface area (Å²) in [6.07, 6.45) is 1.16. The van der Waals surface area contributed by atoms with Crippen LogP contribution in [0.2, 0.25) is 0 Å². The van der Waals surface area contributed by atoms with Crippen LogP contribution in [-0.2, 0) is 21.1 Å². The van der Waals surface area contributed by atoms with Gasteiger partial charge in [-0.1, -0.05) is 30.3 Å². The average Bonchev–Trinajstić information content (AvgIpc) is 2.37. The summed E-state index contributed by atoms with van der Waals surface area (Å²) < 4.78 is 22.5. The third-order valence-electron chi connectivity index (χ3n) is 3.17. The number of hydrogen-bond donors (Lipinski definition) is 0. The molecule has 2 rings (SSSR count). The molecule has 0 aliphatic carbocycles. The zero-order valence-electron chi connectivity index (χ0n) is 10.2. The molecule has 1 heterocycles. The molecule has 1 fully saturated rings. The van der Waals surface area contributed by atoms with Gasteiger partial charge in [0.25, 0.3) is 0 Å². The van der Waals surface area contributed by atoms with Gasteiger partial charge in [-0.05, 0) is 12.0 Å². The molecule has 0 radical (unpaired) electrons. The zero-order valence-corrected chi connectivity index (χ0v) is 11.0. The third kappa shape index (κ3) is 3.57. The Morgan fingerprint density at radius 2 is 1.72 bits per heavy atom. The van der Waals surface area contributed by atoms with Crippen LogP contribution in [0.4, 0.5) is 0 Å². The highest BCUT2D eigenvalue weighted by molar-refractivity contribution is 7.91. The number of rotatable bonds is 3. The van der Waals surface area contributed by atoms with Crippen molar-refractivity contribution in [2.24, 2.45) is 0 Å². The average molecular weight is 267 g/mol. The van der Waals surface area contributed by atoms with Gasteiger partial charge in [0.05, 0.1) is 11.5 Å². The molecule has 1 aromatic carbocycles. The molecule has 1 saturated heterocycles. The van der Waals surface area contributed by atoms with Crippen molar-refractivity contribution < 1.29 is 13.2 Å². The van der Waals surface area contributed by atoms with Gasteiger partial charge >= 0.3 is 0 Å². The van der Waals surface area contributed by atoms with E-state index in [2.05, 4.69) is 0 Å². The monoisotopic (exact) mass is 267 g/mol. The maximum atomic E-state index is 11.9. The molecule has 18 heavy (non-hydrogen) atoms. The number of nitrogens with zero attached hydrogens (tertiary/aromatic N) is 1. The van der Waals surface area contributed by atoms with Crippen molar-refractivity contribution in [1.82, 2.24) is 4.90 Å². The number of aryl methyl sites for hydroxylation is 1. The number of sulfone groups is 1. The lowest BCUT2D eigenvalue weighted by atomic mass is 10.1. The summed E-state index contributed by atoms with van der Waals surface area (Å²) in [5, 5.41) is 0. The Balaban J connectivity index is 1.83. The van der Waals surface area contributed by atoms with E-state index in [1.807, 2.05) is 30.3 Å². The minimum atomic E-state index is -2.91. The summed E-state index contributed by atoms with van der Waals surface area (Å²) in [5.74, 6) is 0.252. The number of benzene rings is 1. The molecule has 98 valence electrons. The molecule has 0 unspecified atom stereocenters. The summed E-state index contributed by atoms with van der Waals surface area (Å²) in [4.78, 5) is 13.6. The summed E-state index contributed by atoms with van der Waals surface area (Å²) in [7, 11) is -2.91. The Hall–Kier alpha value is -1.36. The van der Waals surface area contributed by atoms with E-state index in [-0.39, 0.29) is 17.4 Å². The molecule has 0 spiro atoms. The van der Waals surface area contributed by atoms with Gasteiger partial charge in [-0.15, -0.1) is 0 Å². The molecule has 0 saturated carbocycles. The predicted molar refractivity (Wildman–Crippen MR) is 70.0 cm³/mol. The molecule has 1 amide bonds. The van der Waals surface area contributed by atoms with E-state index in [1.54, 1.807) is 4.90 Å². The van der Waals surface area contributed by atoms with Crippen molar-refractivity contribution in [2.45, 2.75) is 12.8 Å². The van der Waals surface area contributed by atoms with E-state index in [1.165, 1.54) is 0 Å². The molecule has 1 aliphatic heterocycles. The second-order valence-corrected chi connectivity index (χ2v) is 6.82. The third-order valence-corrected chi connectivity index (χ3v) is 4.78. The number of amides is 1. The Morgan fingerprint density at radius 3 is 2.33 bits per heavy atom. The van der Waals surface area contributed by atoms with Crippen LogP contribution in [0.25, 0.3) is 0 Å². The first-order chi connectivity index (χ1) is 8.57. The largest absolute Gasteiger partial charge is 0.341 e. The van der Waals surface area contributed by atoms with Crippen LogP contribution < -0.4 is 0 Å². The molecular weight excluding hydrogens is 250 g/mol. The molecule has 1 aromatic rings. The van der Waals surface area contributed by atoms with Crippen LogP contribution >= 0.6 is 0 Å². The van der Waals surface area contributed by atoms with E-state index in [0.29, 0.717) is 25.9 Å². The fourth-order valence-electron chi connectivity index (χ4n) is 2.02. The highest BCUT2D eigenvalue weighted by Gasteiger charge is 2.24. The smallest absolute Gasteiger partial charge is 0.222 e. The molecule has 1 aliphatic rings. The normalized spacial score (nSPS) is 18.6. The summed E-state index contributed by atoms with van der Waals surface area (Å²) in [6, 6.07) is 9.84. The molecule has 0 aromatic heterocycles.